The lowest BCUT2D eigenvalue weighted by Crippen LogP contribution is -2.53. The van der Waals surface area contributed by atoms with Crippen LogP contribution in [-0.2, 0) is 30.3 Å². The van der Waals surface area contributed by atoms with Gasteiger partial charge < -0.3 is 35.5 Å². The maximum Gasteiger partial charge on any atom is 0.328 e. The minimum Gasteiger partial charge on any atom is -0.496 e. The van der Waals surface area contributed by atoms with Gasteiger partial charge >= 0.3 is 11.7 Å². The molecule has 3 atom stereocenters. The van der Waals surface area contributed by atoms with Crippen LogP contribution >= 0.6 is 0 Å². The van der Waals surface area contributed by atoms with Crippen LogP contribution in [0.1, 0.15) is 24.1 Å². The molecular formula is C26H31N5O9. The number of nitrogens with zero attached hydrogens (tertiary/aromatic N) is 2. The average molecular weight is 558 g/mol. The third-order valence-corrected chi connectivity index (χ3v) is 6.56. The Balaban J connectivity index is 2.41. The Bertz CT molecular complexity index is 1350. The highest BCUT2D eigenvalue weighted by molar-refractivity contribution is 5.95. The molecule has 40 heavy (non-hydrogen) atoms. The molecular weight excluding hydrogens is 526 g/mol. The molecule has 0 saturated heterocycles. The van der Waals surface area contributed by atoms with Crippen LogP contribution in [0.25, 0.3) is 11.1 Å². The van der Waals surface area contributed by atoms with Gasteiger partial charge in [0.15, 0.2) is 0 Å². The third kappa shape index (κ3) is 5.96. The number of carbonyl (C=O) groups excluding carboxylic acids is 4. The van der Waals surface area contributed by atoms with Crippen molar-refractivity contribution in [2.45, 2.75) is 31.5 Å². The van der Waals surface area contributed by atoms with Gasteiger partial charge in [-0.2, -0.15) is 0 Å². The summed E-state index contributed by atoms with van der Waals surface area (Å²) in [4.78, 5) is 64.3. The van der Waals surface area contributed by atoms with Crippen LogP contribution in [0, 0.1) is 10.1 Å². The molecule has 1 heterocycles. The quantitative estimate of drug-likeness (QED) is 0.255. The van der Waals surface area contributed by atoms with Gasteiger partial charge in [-0.05, 0) is 36.2 Å². The number of methoxy groups -OCH3 is 3. The van der Waals surface area contributed by atoms with Crippen LogP contribution in [0.3, 0.4) is 0 Å². The predicted molar refractivity (Wildman–Crippen MR) is 141 cm³/mol. The molecule has 0 aromatic heterocycles. The van der Waals surface area contributed by atoms with E-state index in [0.29, 0.717) is 22.4 Å². The fourth-order valence-electron chi connectivity index (χ4n) is 4.51. The lowest BCUT2D eigenvalue weighted by Gasteiger charge is -2.30. The van der Waals surface area contributed by atoms with Gasteiger partial charge in [0.05, 0.1) is 32.8 Å². The smallest absolute Gasteiger partial charge is 0.328 e. The first kappa shape index (κ1) is 29.8. The first-order valence-electron chi connectivity index (χ1n) is 12.1. The second kappa shape index (κ2) is 12.4. The number of amides is 3. The van der Waals surface area contributed by atoms with Gasteiger partial charge in [-0.15, -0.1) is 0 Å². The van der Waals surface area contributed by atoms with Crippen molar-refractivity contribution in [2.75, 3.05) is 34.9 Å². The molecule has 2 aromatic carbocycles. The van der Waals surface area contributed by atoms with E-state index in [4.69, 9.17) is 19.9 Å². The molecule has 0 spiro atoms. The second-order valence-corrected chi connectivity index (χ2v) is 9.04. The average Bonchev–Trinajstić information content (AvgIpc) is 2.94. The molecule has 1 aliphatic heterocycles. The number of ether oxygens (including phenoxy) is 3. The molecule has 214 valence electrons. The van der Waals surface area contributed by atoms with Crippen LogP contribution in [0.15, 0.2) is 30.3 Å². The van der Waals surface area contributed by atoms with E-state index in [1.54, 1.807) is 24.3 Å². The summed E-state index contributed by atoms with van der Waals surface area (Å²) in [6.07, 6.45) is -0.171. The molecule has 0 saturated carbocycles. The van der Waals surface area contributed by atoms with Crippen molar-refractivity contribution in [3.63, 3.8) is 0 Å². The van der Waals surface area contributed by atoms with E-state index in [2.05, 4.69) is 10.6 Å². The van der Waals surface area contributed by atoms with Gasteiger partial charge in [0.25, 0.3) is 0 Å². The van der Waals surface area contributed by atoms with Gasteiger partial charge in [-0.25, -0.2) is 4.79 Å². The fourth-order valence-corrected chi connectivity index (χ4v) is 4.51. The topological polar surface area (TPSA) is 192 Å². The Morgan fingerprint density at radius 1 is 1.07 bits per heavy atom. The summed E-state index contributed by atoms with van der Waals surface area (Å²) in [6.45, 7) is 1.02. The van der Waals surface area contributed by atoms with Crippen LogP contribution < -0.4 is 25.8 Å². The lowest BCUT2D eigenvalue weighted by molar-refractivity contribution is -0.385. The molecule has 0 unspecified atom stereocenters. The summed E-state index contributed by atoms with van der Waals surface area (Å²) in [5, 5.41) is 17.2. The summed E-state index contributed by atoms with van der Waals surface area (Å²) in [5.74, 6) is -2.59. The standard InChI is InChI=1S/C26H31N5O9/c1-13-24(33)29-18(26(35)40-5)9-14-8-17(23(39-4)19(10-14)31(36)37)16-11-15(6-7-20(16)38-3)22(25(34)28-13)30(2)21(32)12-27/h6-8,10-11,13,18,22H,9,12,27H2,1-5H3,(H,28,34)(H,29,33)/t13-,18-,22-/m0/s1. The Morgan fingerprint density at radius 2 is 1.77 bits per heavy atom. The molecule has 3 amide bonds. The van der Waals surface area contributed by atoms with E-state index in [-0.39, 0.29) is 24.3 Å². The molecule has 0 fully saturated rings. The number of esters is 1. The molecule has 4 bridgehead atoms. The monoisotopic (exact) mass is 557 g/mol. The number of hydrogen-bond acceptors (Lipinski definition) is 10. The summed E-state index contributed by atoms with van der Waals surface area (Å²) >= 11 is 0. The number of hydrogen-bond donors (Lipinski definition) is 3. The normalized spacial score (nSPS) is 18.9. The predicted octanol–water partition coefficient (Wildman–Crippen LogP) is 0.456. The Morgan fingerprint density at radius 3 is 2.35 bits per heavy atom. The molecule has 0 radical (unpaired) electrons. The van der Waals surface area contributed by atoms with Gasteiger partial charge in [-0.3, -0.25) is 24.5 Å². The van der Waals surface area contributed by atoms with Crippen molar-refractivity contribution in [3.8, 4) is 22.6 Å². The Hall–Kier alpha value is -4.72. The zero-order valence-electron chi connectivity index (χ0n) is 22.7. The largest absolute Gasteiger partial charge is 0.496 e. The van der Waals surface area contributed by atoms with Crippen LogP contribution in [0.5, 0.6) is 11.5 Å². The molecule has 0 aliphatic carbocycles. The van der Waals surface area contributed by atoms with Crippen molar-refractivity contribution >= 4 is 29.4 Å². The number of nitrogens with one attached hydrogen (secondary N) is 2. The van der Waals surface area contributed by atoms with E-state index in [1.165, 1.54) is 34.3 Å². The molecule has 1 aliphatic rings. The molecule has 2 aromatic rings. The van der Waals surface area contributed by atoms with E-state index >= 15 is 0 Å². The Labute approximate surface area is 229 Å². The molecule has 14 heteroatoms. The number of benzene rings is 2. The third-order valence-electron chi connectivity index (χ3n) is 6.56. The van der Waals surface area contributed by atoms with Crippen molar-refractivity contribution in [1.82, 2.24) is 15.5 Å². The highest BCUT2D eigenvalue weighted by atomic mass is 16.6. The number of nitro benzene ring substituents is 1. The molecule has 4 N–H and O–H groups in total. The van der Waals surface area contributed by atoms with E-state index in [1.807, 2.05) is 0 Å². The van der Waals surface area contributed by atoms with E-state index in [9.17, 15) is 29.3 Å². The van der Waals surface area contributed by atoms with Crippen molar-refractivity contribution in [2.24, 2.45) is 5.73 Å². The summed E-state index contributed by atoms with van der Waals surface area (Å²) in [5.41, 5.74) is 6.32. The maximum atomic E-state index is 13.5. The zero-order valence-corrected chi connectivity index (χ0v) is 22.7. The zero-order chi connectivity index (χ0) is 29.7. The number of likely N-dealkylation sites (N-methyl/N-ethyl adjacent to an activating group) is 1. The van der Waals surface area contributed by atoms with Gasteiger partial charge in [-0.1, -0.05) is 6.07 Å². The summed E-state index contributed by atoms with van der Waals surface area (Å²) < 4.78 is 15.8. The highest BCUT2D eigenvalue weighted by Gasteiger charge is 2.34. The van der Waals surface area contributed by atoms with Crippen molar-refractivity contribution in [1.29, 1.82) is 0 Å². The highest BCUT2D eigenvalue weighted by Crippen LogP contribution is 2.44. The number of nitro groups is 1. The van der Waals surface area contributed by atoms with Gasteiger partial charge in [0, 0.05) is 30.7 Å². The fraction of sp³-hybridized carbons (Fsp3) is 0.385. The van der Waals surface area contributed by atoms with Crippen LogP contribution in [0.4, 0.5) is 5.69 Å². The lowest BCUT2D eigenvalue weighted by atomic mass is 9.93. The van der Waals surface area contributed by atoms with E-state index in [0.717, 1.165) is 12.0 Å². The number of fused-ring (bicyclic) bond motifs is 5. The Kier molecular flexibility index (Phi) is 9.27. The number of rotatable bonds is 6. The van der Waals surface area contributed by atoms with Crippen LogP contribution in [0.2, 0.25) is 0 Å². The van der Waals surface area contributed by atoms with Gasteiger partial charge in [0.2, 0.25) is 23.5 Å². The minimum atomic E-state index is -1.25. The van der Waals surface area contributed by atoms with Crippen molar-refractivity contribution in [3.05, 3.63) is 51.6 Å². The van der Waals surface area contributed by atoms with Crippen molar-refractivity contribution < 1.29 is 38.3 Å². The SMILES string of the molecule is COC(=O)[C@@H]1Cc2cc(c(OC)c([N+](=O)[O-])c2)-c2cc(ccc2OC)[C@H](N(C)C(=O)CN)C(=O)N[C@@H](C)C(=O)N1. The minimum absolute atomic E-state index is 0.101. The second-order valence-electron chi connectivity index (χ2n) is 9.04. The first-order chi connectivity index (χ1) is 19.0. The van der Waals surface area contributed by atoms with Gasteiger partial charge in [0.1, 0.15) is 23.9 Å². The summed E-state index contributed by atoms with van der Waals surface area (Å²) in [7, 11) is 5.19. The number of carbonyl (C=O) groups is 4. The summed E-state index contributed by atoms with van der Waals surface area (Å²) in [6, 6.07) is 3.83. The van der Waals surface area contributed by atoms with Crippen LogP contribution in [-0.4, -0.2) is 80.5 Å². The molecule has 3 rings (SSSR count). The first-order valence-corrected chi connectivity index (χ1v) is 12.1. The maximum absolute atomic E-state index is 13.5. The number of nitrogens with two attached hydrogens (primary N) is 1. The van der Waals surface area contributed by atoms with E-state index < -0.39 is 52.4 Å². The molecule has 14 nitrogen and oxygen atoms in total.